The lowest BCUT2D eigenvalue weighted by molar-refractivity contribution is 0.391. The minimum Gasteiger partial charge on any atom is -0.317 e. The van der Waals surface area contributed by atoms with E-state index in [0.29, 0.717) is 5.92 Å². The Labute approximate surface area is 90.1 Å². The molecule has 0 radical (unpaired) electrons. The summed E-state index contributed by atoms with van der Waals surface area (Å²) in [6, 6.07) is 0.744. The number of hydrogen-bond donors (Lipinski definition) is 1. The molecule has 0 atom stereocenters. The van der Waals surface area contributed by atoms with Crippen molar-refractivity contribution < 1.29 is 0 Å². The van der Waals surface area contributed by atoms with Gasteiger partial charge in [-0.05, 0) is 25.7 Å². The van der Waals surface area contributed by atoms with Gasteiger partial charge in [-0.25, -0.2) is 0 Å². The fraction of sp³-hybridized carbons (Fsp3) is 0.818. The monoisotopic (exact) mass is 206 g/mol. The van der Waals surface area contributed by atoms with E-state index in [1.54, 1.807) is 0 Å². The minimum atomic E-state index is 0.678. The summed E-state index contributed by atoms with van der Waals surface area (Å²) in [6.07, 6.45) is 6.60. The first-order chi connectivity index (χ1) is 7.34. The number of aromatic nitrogens is 3. The van der Waals surface area contributed by atoms with Crippen LogP contribution < -0.4 is 5.32 Å². The van der Waals surface area contributed by atoms with Crippen LogP contribution >= 0.6 is 0 Å². The maximum Gasteiger partial charge on any atom is 0.146 e. The molecule has 0 unspecified atom stereocenters. The Balaban J connectivity index is 1.68. The van der Waals surface area contributed by atoms with Gasteiger partial charge in [0, 0.05) is 19.0 Å². The fourth-order valence-corrected chi connectivity index (χ4v) is 2.07. The van der Waals surface area contributed by atoms with E-state index in [9.17, 15) is 0 Å². The second kappa shape index (κ2) is 3.59. The summed E-state index contributed by atoms with van der Waals surface area (Å²) in [4.78, 5) is 0. The molecule has 0 bridgehead atoms. The molecule has 4 heteroatoms. The van der Waals surface area contributed by atoms with Crippen LogP contribution in [0.5, 0.6) is 0 Å². The van der Waals surface area contributed by atoms with Crippen molar-refractivity contribution in [1.29, 1.82) is 0 Å². The SMILES string of the molecule is Cn1c(CNC2CC2)nnc1C1CCC1. The zero-order chi connectivity index (χ0) is 10.3. The zero-order valence-corrected chi connectivity index (χ0v) is 9.24. The van der Waals surface area contributed by atoms with E-state index >= 15 is 0 Å². The summed E-state index contributed by atoms with van der Waals surface area (Å²) in [5.74, 6) is 2.95. The zero-order valence-electron chi connectivity index (χ0n) is 9.24. The Kier molecular flexibility index (Phi) is 2.24. The molecule has 15 heavy (non-hydrogen) atoms. The van der Waals surface area contributed by atoms with Gasteiger partial charge < -0.3 is 9.88 Å². The molecule has 3 rings (SSSR count). The lowest BCUT2D eigenvalue weighted by atomic mass is 9.85. The van der Waals surface area contributed by atoms with Gasteiger partial charge in [-0.1, -0.05) is 6.42 Å². The van der Waals surface area contributed by atoms with Crippen LogP contribution in [0.3, 0.4) is 0 Å². The molecule has 0 aromatic carbocycles. The van der Waals surface area contributed by atoms with E-state index in [1.807, 2.05) is 0 Å². The molecule has 0 spiro atoms. The highest BCUT2D eigenvalue weighted by Crippen LogP contribution is 2.35. The second-order valence-corrected chi connectivity index (χ2v) is 4.82. The topological polar surface area (TPSA) is 42.7 Å². The van der Waals surface area contributed by atoms with Gasteiger partial charge >= 0.3 is 0 Å². The van der Waals surface area contributed by atoms with E-state index < -0.39 is 0 Å². The summed E-state index contributed by atoms with van der Waals surface area (Å²) in [6.45, 7) is 0.876. The largest absolute Gasteiger partial charge is 0.317 e. The van der Waals surface area contributed by atoms with Crippen LogP contribution in [0.25, 0.3) is 0 Å². The molecule has 1 aromatic rings. The van der Waals surface area contributed by atoms with Gasteiger partial charge in [0.05, 0.1) is 6.54 Å². The number of nitrogens with one attached hydrogen (secondary N) is 1. The summed E-state index contributed by atoms with van der Waals surface area (Å²) >= 11 is 0. The lowest BCUT2D eigenvalue weighted by Crippen LogP contribution is -2.19. The normalized spacial score (nSPS) is 21.7. The molecule has 1 N–H and O–H groups in total. The third-order valence-corrected chi connectivity index (χ3v) is 3.60. The number of rotatable bonds is 4. The van der Waals surface area contributed by atoms with Crippen LogP contribution in [0.1, 0.15) is 49.7 Å². The highest BCUT2D eigenvalue weighted by atomic mass is 15.3. The average molecular weight is 206 g/mol. The molecule has 2 aliphatic carbocycles. The van der Waals surface area contributed by atoms with Crippen molar-refractivity contribution in [2.75, 3.05) is 0 Å². The summed E-state index contributed by atoms with van der Waals surface area (Å²) in [7, 11) is 2.09. The average Bonchev–Trinajstić information content (AvgIpc) is 2.90. The standard InChI is InChI=1S/C11H18N4/c1-15-10(7-12-9-5-6-9)13-14-11(15)8-3-2-4-8/h8-9,12H,2-7H2,1H3. The molecule has 82 valence electrons. The first-order valence-corrected chi connectivity index (χ1v) is 5.96. The highest BCUT2D eigenvalue weighted by Gasteiger charge is 2.26. The molecule has 1 heterocycles. The smallest absolute Gasteiger partial charge is 0.146 e. The molecule has 0 amide bonds. The van der Waals surface area contributed by atoms with E-state index in [-0.39, 0.29) is 0 Å². The summed E-state index contributed by atoms with van der Waals surface area (Å²) in [5, 5.41) is 12.1. The Hall–Kier alpha value is -0.900. The van der Waals surface area contributed by atoms with Crippen LogP contribution in [0.15, 0.2) is 0 Å². The molecule has 2 fully saturated rings. The van der Waals surface area contributed by atoms with Gasteiger partial charge in [0.1, 0.15) is 11.6 Å². The molecule has 0 saturated heterocycles. The summed E-state index contributed by atoms with van der Waals surface area (Å²) < 4.78 is 2.18. The Morgan fingerprint density at radius 1 is 1.27 bits per heavy atom. The van der Waals surface area contributed by atoms with E-state index in [1.165, 1.54) is 37.9 Å². The van der Waals surface area contributed by atoms with Crippen molar-refractivity contribution in [1.82, 2.24) is 20.1 Å². The molecule has 0 aliphatic heterocycles. The van der Waals surface area contributed by atoms with Gasteiger partial charge in [0.25, 0.3) is 0 Å². The van der Waals surface area contributed by atoms with E-state index in [4.69, 9.17) is 0 Å². The van der Waals surface area contributed by atoms with Gasteiger partial charge in [0.2, 0.25) is 0 Å². The van der Waals surface area contributed by atoms with E-state index in [0.717, 1.165) is 18.4 Å². The molecular formula is C11H18N4. The lowest BCUT2D eigenvalue weighted by Gasteiger charge is -2.24. The van der Waals surface area contributed by atoms with Gasteiger partial charge in [-0.3, -0.25) is 0 Å². The quantitative estimate of drug-likeness (QED) is 0.808. The van der Waals surface area contributed by atoms with Crippen LogP contribution in [-0.2, 0) is 13.6 Å². The van der Waals surface area contributed by atoms with Crippen molar-refractivity contribution in [3.63, 3.8) is 0 Å². The summed E-state index contributed by atoms with van der Waals surface area (Å²) in [5.41, 5.74) is 0. The maximum absolute atomic E-state index is 4.31. The van der Waals surface area contributed by atoms with Crippen molar-refractivity contribution in [2.24, 2.45) is 7.05 Å². The molecular weight excluding hydrogens is 188 g/mol. The highest BCUT2D eigenvalue weighted by molar-refractivity contribution is 5.05. The third kappa shape index (κ3) is 1.78. The van der Waals surface area contributed by atoms with Crippen molar-refractivity contribution >= 4 is 0 Å². The predicted octanol–water partition coefficient (Wildman–Crippen LogP) is 1.33. The number of nitrogens with zero attached hydrogens (tertiary/aromatic N) is 3. The van der Waals surface area contributed by atoms with Gasteiger partial charge in [-0.15, -0.1) is 10.2 Å². The second-order valence-electron chi connectivity index (χ2n) is 4.82. The molecule has 2 saturated carbocycles. The van der Waals surface area contributed by atoms with Crippen LogP contribution in [0.4, 0.5) is 0 Å². The van der Waals surface area contributed by atoms with Gasteiger partial charge in [-0.2, -0.15) is 0 Å². The Morgan fingerprint density at radius 3 is 2.67 bits per heavy atom. The molecule has 1 aromatic heterocycles. The van der Waals surface area contributed by atoms with Crippen LogP contribution in [-0.4, -0.2) is 20.8 Å². The Bertz CT molecular complexity index is 349. The first kappa shape index (κ1) is 9.33. The van der Waals surface area contributed by atoms with Crippen LogP contribution in [0.2, 0.25) is 0 Å². The molecule has 4 nitrogen and oxygen atoms in total. The van der Waals surface area contributed by atoms with Crippen LogP contribution in [0, 0.1) is 0 Å². The van der Waals surface area contributed by atoms with Gasteiger partial charge in [0.15, 0.2) is 0 Å². The number of hydrogen-bond acceptors (Lipinski definition) is 3. The minimum absolute atomic E-state index is 0.678. The van der Waals surface area contributed by atoms with Crippen molar-refractivity contribution in [3.05, 3.63) is 11.6 Å². The maximum atomic E-state index is 4.31. The fourth-order valence-electron chi connectivity index (χ4n) is 2.07. The third-order valence-electron chi connectivity index (χ3n) is 3.60. The molecule has 2 aliphatic rings. The van der Waals surface area contributed by atoms with E-state index in [2.05, 4.69) is 27.1 Å². The first-order valence-electron chi connectivity index (χ1n) is 5.96. The predicted molar refractivity (Wildman–Crippen MR) is 57.5 cm³/mol. The van der Waals surface area contributed by atoms with Crippen molar-refractivity contribution in [2.45, 2.75) is 50.6 Å². The Morgan fingerprint density at radius 2 is 2.07 bits per heavy atom. The van der Waals surface area contributed by atoms with Crippen molar-refractivity contribution in [3.8, 4) is 0 Å².